The molecule has 0 bridgehead atoms. The zero-order chi connectivity index (χ0) is 14.3. The second-order valence-electron chi connectivity index (χ2n) is 6.00. The normalized spacial score (nSPS) is 13.5. The number of hydrogen-bond acceptors (Lipinski definition) is 2. The fourth-order valence-corrected chi connectivity index (χ4v) is 2.30. The van der Waals surface area contributed by atoms with Gasteiger partial charge in [-0.1, -0.05) is 52.0 Å². The van der Waals surface area contributed by atoms with E-state index in [1.54, 1.807) is 0 Å². The van der Waals surface area contributed by atoms with E-state index < -0.39 is 0 Å². The molecule has 108 valence electrons. The third-order valence-corrected chi connectivity index (χ3v) is 3.27. The van der Waals surface area contributed by atoms with Crippen LogP contribution in [0.3, 0.4) is 0 Å². The molecule has 0 amide bonds. The number of rotatable bonds is 7. The maximum Gasteiger partial charge on any atom is 0.0661 e. The zero-order valence-electron chi connectivity index (χ0n) is 13.1. The molecule has 2 heteroatoms. The molecule has 1 atom stereocenters. The Hall–Kier alpha value is -0.860. The molecule has 1 unspecified atom stereocenters. The first-order chi connectivity index (χ1) is 9.00. The summed E-state index contributed by atoms with van der Waals surface area (Å²) in [5, 5.41) is 3.61. The lowest BCUT2D eigenvalue weighted by molar-refractivity contribution is 0.122. The van der Waals surface area contributed by atoms with Gasteiger partial charge in [-0.2, -0.15) is 0 Å². The standard InChI is InChI=1S/C17H29NO/c1-6-12-18-16(13-19-7-2)14-10-8-9-11-15(14)17(3,4)5/h8-11,16,18H,6-7,12-13H2,1-5H3. The van der Waals surface area contributed by atoms with E-state index in [0.29, 0.717) is 0 Å². The van der Waals surface area contributed by atoms with Crippen molar-refractivity contribution in [3.8, 4) is 0 Å². The van der Waals surface area contributed by atoms with E-state index in [9.17, 15) is 0 Å². The van der Waals surface area contributed by atoms with Gasteiger partial charge in [0.05, 0.1) is 12.6 Å². The number of benzene rings is 1. The van der Waals surface area contributed by atoms with Crippen molar-refractivity contribution in [2.24, 2.45) is 0 Å². The van der Waals surface area contributed by atoms with Crippen LogP contribution >= 0.6 is 0 Å². The van der Waals surface area contributed by atoms with Gasteiger partial charge in [0.25, 0.3) is 0 Å². The van der Waals surface area contributed by atoms with Crippen molar-refractivity contribution >= 4 is 0 Å². The van der Waals surface area contributed by atoms with Crippen molar-refractivity contribution in [2.45, 2.75) is 52.5 Å². The summed E-state index contributed by atoms with van der Waals surface area (Å²) in [4.78, 5) is 0. The fourth-order valence-electron chi connectivity index (χ4n) is 2.30. The topological polar surface area (TPSA) is 21.3 Å². The zero-order valence-corrected chi connectivity index (χ0v) is 13.1. The summed E-state index contributed by atoms with van der Waals surface area (Å²) in [6.07, 6.45) is 1.14. The Morgan fingerprint density at radius 1 is 1.16 bits per heavy atom. The average molecular weight is 263 g/mol. The second-order valence-corrected chi connectivity index (χ2v) is 6.00. The van der Waals surface area contributed by atoms with Crippen molar-refractivity contribution in [1.29, 1.82) is 0 Å². The SMILES string of the molecule is CCCNC(COCC)c1ccccc1C(C)(C)C. The molecule has 0 saturated carbocycles. The summed E-state index contributed by atoms with van der Waals surface area (Å²) in [7, 11) is 0. The quantitative estimate of drug-likeness (QED) is 0.801. The third kappa shape index (κ3) is 4.96. The molecule has 1 N–H and O–H groups in total. The lowest BCUT2D eigenvalue weighted by atomic mass is 9.82. The first-order valence-corrected chi connectivity index (χ1v) is 7.41. The molecule has 1 rings (SSSR count). The number of hydrogen-bond donors (Lipinski definition) is 1. The Morgan fingerprint density at radius 2 is 1.84 bits per heavy atom. The third-order valence-electron chi connectivity index (χ3n) is 3.27. The average Bonchev–Trinajstić information content (AvgIpc) is 2.38. The van der Waals surface area contributed by atoms with Crippen LogP contribution in [0, 0.1) is 0 Å². The highest BCUT2D eigenvalue weighted by atomic mass is 16.5. The smallest absolute Gasteiger partial charge is 0.0661 e. The summed E-state index contributed by atoms with van der Waals surface area (Å²) in [5.41, 5.74) is 2.94. The molecule has 0 fully saturated rings. The molecule has 0 spiro atoms. The van der Waals surface area contributed by atoms with E-state index in [1.165, 1.54) is 11.1 Å². The molecule has 0 heterocycles. The van der Waals surface area contributed by atoms with Crippen LogP contribution in [0.2, 0.25) is 0 Å². The number of nitrogens with one attached hydrogen (secondary N) is 1. The van der Waals surface area contributed by atoms with E-state index in [0.717, 1.165) is 26.2 Å². The molecule has 0 aromatic heterocycles. The van der Waals surface area contributed by atoms with Gasteiger partial charge in [-0.25, -0.2) is 0 Å². The second kappa shape index (κ2) is 7.66. The molecular formula is C17H29NO. The largest absolute Gasteiger partial charge is 0.380 e. The van der Waals surface area contributed by atoms with Crippen LogP contribution < -0.4 is 5.32 Å². The summed E-state index contributed by atoms with van der Waals surface area (Å²) >= 11 is 0. The van der Waals surface area contributed by atoms with Crippen LogP contribution in [0.15, 0.2) is 24.3 Å². The first kappa shape index (κ1) is 16.2. The van der Waals surface area contributed by atoms with E-state index in [4.69, 9.17) is 4.74 Å². The minimum atomic E-state index is 0.162. The molecule has 0 aliphatic rings. The van der Waals surface area contributed by atoms with Crippen LogP contribution in [0.4, 0.5) is 0 Å². The molecule has 0 saturated heterocycles. The highest BCUT2D eigenvalue weighted by Crippen LogP contribution is 2.29. The summed E-state index contributed by atoms with van der Waals surface area (Å²) in [5.74, 6) is 0. The molecule has 0 radical (unpaired) electrons. The van der Waals surface area contributed by atoms with Crippen LogP contribution in [-0.4, -0.2) is 19.8 Å². The van der Waals surface area contributed by atoms with Crippen LogP contribution in [0.5, 0.6) is 0 Å². The van der Waals surface area contributed by atoms with E-state index in [1.807, 2.05) is 6.92 Å². The fraction of sp³-hybridized carbons (Fsp3) is 0.647. The van der Waals surface area contributed by atoms with E-state index >= 15 is 0 Å². The van der Waals surface area contributed by atoms with Gasteiger partial charge >= 0.3 is 0 Å². The Balaban J connectivity index is 3.00. The van der Waals surface area contributed by atoms with Crippen molar-refractivity contribution in [3.05, 3.63) is 35.4 Å². The molecule has 0 aliphatic carbocycles. The molecule has 19 heavy (non-hydrogen) atoms. The highest BCUT2D eigenvalue weighted by Gasteiger charge is 2.22. The minimum absolute atomic E-state index is 0.162. The minimum Gasteiger partial charge on any atom is -0.380 e. The maximum absolute atomic E-state index is 5.65. The maximum atomic E-state index is 5.65. The molecule has 0 aliphatic heterocycles. The van der Waals surface area contributed by atoms with Crippen molar-refractivity contribution < 1.29 is 4.74 Å². The molecule has 1 aromatic rings. The monoisotopic (exact) mass is 263 g/mol. The van der Waals surface area contributed by atoms with Gasteiger partial charge in [0.1, 0.15) is 0 Å². The number of ether oxygens (including phenoxy) is 1. The molecule has 1 aromatic carbocycles. The lowest BCUT2D eigenvalue weighted by Crippen LogP contribution is -2.29. The van der Waals surface area contributed by atoms with Gasteiger partial charge in [0, 0.05) is 6.61 Å². The molecule has 2 nitrogen and oxygen atoms in total. The summed E-state index contributed by atoms with van der Waals surface area (Å²) in [6.45, 7) is 13.6. The van der Waals surface area contributed by atoms with Gasteiger partial charge in [-0.15, -0.1) is 0 Å². The Bertz CT molecular complexity index is 360. The van der Waals surface area contributed by atoms with Crippen molar-refractivity contribution in [1.82, 2.24) is 5.32 Å². The predicted molar refractivity (Wildman–Crippen MR) is 82.7 cm³/mol. The van der Waals surface area contributed by atoms with Gasteiger partial charge < -0.3 is 10.1 Å². The van der Waals surface area contributed by atoms with Crippen LogP contribution in [0.25, 0.3) is 0 Å². The van der Waals surface area contributed by atoms with Crippen LogP contribution in [0.1, 0.15) is 58.2 Å². The Morgan fingerprint density at radius 3 is 2.42 bits per heavy atom. The summed E-state index contributed by atoms with van der Waals surface area (Å²) < 4.78 is 5.65. The van der Waals surface area contributed by atoms with Gasteiger partial charge in [-0.3, -0.25) is 0 Å². The van der Waals surface area contributed by atoms with Crippen molar-refractivity contribution in [3.63, 3.8) is 0 Å². The van der Waals surface area contributed by atoms with Crippen LogP contribution in [-0.2, 0) is 10.2 Å². The van der Waals surface area contributed by atoms with Gasteiger partial charge in [0.15, 0.2) is 0 Å². The Labute approximate surface area is 118 Å². The predicted octanol–water partition coefficient (Wildman–Crippen LogP) is 4.06. The lowest BCUT2D eigenvalue weighted by Gasteiger charge is -2.28. The van der Waals surface area contributed by atoms with Gasteiger partial charge in [0.2, 0.25) is 0 Å². The van der Waals surface area contributed by atoms with E-state index in [-0.39, 0.29) is 11.5 Å². The molecular weight excluding hydrogens is 234 g/mol. The van der Waals surface area contributed by atoms with Crippen molar-refractivity contribution in [2.75, 3.05) is 19.8 Å². The highest BCUT2D eigenvalue weighted by molar-refractivity contribution is 5.35. The van der Waals surface area contributed by atoms with Gasteiger partial charge in [-0.05, 0) is 36.4 Å². The Kier molecular flexibility index (Phi) is 6.53. The van der Waals surface area contributed by atoms with E-state index in [2.05, 4.69) is 57.3 Å². The summed E-state index contributed by atoms with van der Waals surface area (Å²) in [6, 6.07) is 9.00. The first-order valence-electron chi connectivity index (χ1n) is 7.41.